The van der Waals surface area contributed by atoms with Crippen LogP contribution in [-0.4, -0.2) is 11.6 Å². The fraction of sp³-hybridized carbons (Fsp3) is 0.400. The zero-order valence-electron chi connectivity index (χ0n) is 3.73. The van der Waals surface area contributed by atoms with Crippen molar-refractivity contribution in [3.63, 3.8) is 0 Å². The van der Waals surface area contributed by atoms with Crippen molar-refractivity contribution >= 4 is 11.6 Å². The number of rotatable bonds is 0. The van der Waals surface area contributed by atoms with Gasteiger partial charge in [0.2, 0.25) is 0 Å². The molecule has 1 saturated carbocycles. The van der Waals surface area contributed by atoms with Crippen LogP contribution in [0.5, 0.6) is 0 Å². The Kier molecular flexibility index (Phi) is 0.929. The van der Waals surface area contributed by atoms with E-state index >= 15 is 0 Å². The largest absolute Gasteiger partial charge is 0.298 e. The molecule has 7 heavy (non-hydrogen) atoms. The molecule has 36 valence electrons. The quantitative estimate of drug-likeness (QED) is 0.425. The van der Waals surface area contributed by atoms with Gasteiger partial charge in [-0.2, -0.15) is 0 Å². The smallest absolute Gasteiger partial charge is 0.149 e. The van der Waals surface area contributed by atoms with Gasteiger partial charge in [0.25, 0.3) is 0 Å². The van der Waals surface area contributed by atoms with Crippen LogP contribution in [0.1, 0.15) is 12.8 Å². The zero-order valence-corrected chi connectivity index (χ0v) is 3.73. The maximum atomic E-state index is 10.1. The Morgan fingerprint density at radius 3 is 1.71 bits per heavy atom. The van der Waals surface area contributed by atoms with E-state index < -0.39 is 0 Å². The lowest BCUT2D eigenvalue weighted by Gasteiger charge is -1.68. The normalized spacial score (nSPS) is 21.1. The molecule has 0 spiro atoms. The Labute approximate surface area is 41.5 Å². The molecule has 2 nitrogen and oxygen atoms in total. The molecule has 0 saturated heterocycles. The van der Waals surface area contributed by atoms with Crippen molar-refractivity contribution in [3.05, 3.63) is 6.42 Å². The molecule has 0 heterocycles. The first-order valence-electron chi connectivity index (χ1n) is 2.12. The molecule has 0 atom stereocenters. The molecular weight excluding hydrogens is 92.1 g/mol. The third-order valence-corrected chi connectivity index (χ3v) is 0.858. The minimum Gasteiger partial charge on any atom is -0.298 e. The molecule has 1 aliphatic rings. The molecule has 0 aromatic carbocycles. The Bertz CT molecular complexity index is 101. The van der Waals surface area contributed by atoms with Crippen LogP contribution < -0.4 is 0 Å². The van der Waals surface area contributed by atoms with E-state index in [-0.39, 0.29) is 11.6 Å². The van der Waals surface area contributed by atoms with Gasteiger partial charge in [-0.15, -0.1) is 0 Å². The summed E-state index contributed by atoms with van der Waals surface area (Å²) in [7, 11) is 0. The first kappa shape index (κ1) is 4.50. The second kappa shape index (κ2) is 1.45. The third kappa shape index (κ3) is 0.856. The van der Waals surface area contributed by atoms with Gasteiger partial charge in [0, 0.05) is 12.8 Å². The van der Waals surface area contributed by atoms with Gasteiger partial charge in [-0.1, -0.05) is 0 Å². The van der Waals surface area contributed by atoms with Crippen LogP contribution in [0.4, 0.5) is 0 Å². The van der Waals surface area contributed by atoms with Gasteiger partial charge in [0.15, 0.2) is 0 Å². The van der Waals surface area contributed by atoms with E-state index in [2.05, 4.69) is 6.42 Å². The second-order valence-corrected chi connectivity index (χ2v) is 1.47. The molecule has 1 rings (SSSR count). The molecule has 2 heteroatoms. The number of hydrogen-bond donors (Lipinski definition) is 0. The predicted octanol–water partition coefficient (Wildman–Crippen LogP) is -0.000310. The Balaban J connectivity index is 2.55. The monoisotopic (exact) mass is 96.0 g/mol. The maximum absolute atomic E-state index is 10.1. The summed E-state index contributed by atoms with van der Waals surface area (Å²) in [5.74, 6) is -0.296. The van der Waals surface area contributed by atoms with E-state index in [1.165, 1.54) is 0 Å². The van der Waals surface area contributed by atoms with Gasteiger partial charge in [-0.25, -0.2) is 0 Å². The van der Waals surface area contributed by atoms with Crippen molar-refractivity contribution < 1.29 is 9.59 Å². The summed E-state index contributed by atoms with van der Waals surface area (Å²) in [6.45, 7) is 0. The first-order chi connectivity index (χ1) is 3.29. The highest BCUT2D eigenvalue weighted by molar-refractivity contribution is 6.15. The maximum Gasteiger partial charge on any atom is 0.149 e. The Morgan fingerprint density at radius 2 is 1.57 bits per heavy atom. The van der Waals surface area contributed by atoms with Gasteiger partial charge in [-0.05, 0) is 0 Å². The van der Waals surface area contributed by atoms with E-state index in [0.717, 1.165) is 0 Å². The second-order valence-electron chi connectivity index (χ2n) is 1.47. The fourth-order valence-corrected chi connectivity index (χ4v) is 0.508. The van der Waals surface area contributed by atoms with Gasteiger partial charge < -0.3 is 0 Å². The van der Waals surface area contributed by atoms with Gasteiger partial charge in [0.1, 0.15) is 18.0 Å². The van der Waals surface area contributed by atoms with E-state index in [9.17, 15) is 9.59 Å². The number of Topliss-reactive ketones (excluding diaryl/α,β-unsaturated/α-hetero) is 2. The standard InChI is InChI=1S/C5H4O2/c6-4-1-2-5(7)3-4/h1-2H2. The SMILES string of the molecule is O=C1[C]C(=O)CC1. The fourth-order valence-electron chi connectivity index (χ4n) is 0.508. The highest BCUT2D eigenvalue weighted by atomic mass is 16.2. The van der Waals surface area contributed by atoms with Crippen LogP contribution in [0.3, 0.4) is 0 Å². The van der Waals surface area contributed by atoms with Crippen molar-refractivity contribution in [1.29, 1.82) is 0 Å². The lowest BCUT2D eigenvalue weighted by atomic mass is 10.3. The molecule has 1 aliphatic carbocycles. The molecule has 0 unspecified atom stereocenters. The molecule has 0 aromatic heterocycles. The number of ketones is 2. The minimum atomic E-state index is -0.148. The van der Waals surface area contributed by atoms with Crippen LogP contribution in [0, 0.1) is 6.42 Å². The summed E-state index contributed by atoms with van der Waals surface area (Å²) in [5.41, 5.74) is 0. The summed E-state index contributed by atoms with van der Waals surface area (Å²) in [4.78, 5) is 20.2. The lowest BCUT2D eigenvalue weighted by Crippen LogP contribution is -1.90. The topological polar surface area (TPSA) is 34.1 Å². The van der Waals surface area contributed by atoms with Crippen molar-refractivity contribution in [2.75, 3.05) is 0 Å². The van der Waals surface area contributed by atoms with Gasteiger partial charge in [0.05, 0.1) is 0 Å². The molecular formula is C5H4O2. The third-order valence-electron chi connectivity index (χ3n) is 0.858. The van der Waals surface area contributed by atoms with Crippen molar-refractivity contribution in [2.24, 2.45) is 0 Å². The van der Waals surface area contributed by atoms with Crippen LogP contribution >= 0.6 is 0 Å². The summed E-state index contributed by atoms with van der Waals surface area (Å²) in [6, 6.07) is 0. The predicted molar refractivity (Wildman–Crippen MR) is 22.5 cm³/mol. The van der Waals surface area contributed by atoms with Crippen LogP contribution in [0.15, 0.2) is 0 Å². The highest BCUT2D eigenvalue weighted by Gasteiger charge is 2.18. The number of carbonyl (C=O) groups is 2. The van der Waals surface area contributed by atoms with Crippen molar-refractivity contribution in [2.45, 2.75) is 12.8 Å². The Hall–Kier alpha value is -0.660. The molecule has 0 aliphatic heterocycles. The van der Waals surface area contributed by atoms with Crippen molar-refractivity contribution in [3.8, 4) is 0 Å². The van der Waals surface area contributed by atoms with Crippen molar-refractivity contribution in [1.82, 2.24) is 0 Å². The highest BCUT2D eigenvalue weighted by Crippen LogP contribution is 2.06. The summed E-state index contributed by atoms with van der Waals surface area (Å²) in [5, 5.41) is 0. The van der Waals surface area contributed by atoms with Gasteiger partial charge >= 0.3 is 0 Å². The number of carbonyl (C=O) groups excluding carboxylic acids is 2. The average molecular weight is 96.1 g/mol. The molecule has 2 radical (unpaired) electrons. The number of hydrogen-bond acceptors (Lipinski definition) is 2. The van der Waals surface area contributed by atoms with Crippen LogP contribution in [0.2, 0.25) is 0 Å². The van der Waals surface area contributed by atoms with Gasteiger partial charge in [-0.3, -0.25) is 9.59 Å². The van der Waals surface area contributed by atoms with E-state index in [0.29, 0.717) is 12.8 Å². The van der Waals surface area contributed by atoms with E-state index in [1.54, 1.807) is 0 Å². The Morgan fingerprint density at radius 1 is 1.14 bits per heavy atom. The first-order valence-corrected chi connectivity index (χ1v) is 2.12. The van der Waals surface area contributed by atoms with E-state index in [4.69, 9.17) is 0 Å². The molecule has 0 amide bonds. The lowest BCUT2D eigenvalue weighted by molar-refractivity contribution is -0.117. The summed E-state index contributed by atoms with van der Waals surface area (Å²) in [6.07, 6.45) is 2.89. The van der Waals surface area contributed by atoms with Crippen LogP contribution in [-0.2, 0) is 9.59 Å². The molecule has 0 N–H and O–H groups in total. The average Bonchev–Trinajstić information content (AvgIpc) is 1.87. The minimum absolute atomic E-state index is 0.148. The van der Waals surface area contributed by atoms with E-state index in [1.807, 2.05) is 0 Å². The summed E-state index contributed by atoms with van der Waals surface area (Å²) < 4.78 is 0. The summed E-state index contributed by atoms with van der Waals surface area (Å²) >= 11 is 0. The van der Waals surface area contributed by atoms with Crippen LogP contribution in [0.25, 0.3) is 0 Å². The molecule has 1 fully saturated rings. The zero-order chi connectivity index (χ0) is 5.28. The molecule has 0 aromatic rings. The molecule has 0 bridgehead atoms.